The molecule has 6 heteroatoms. The average molecular weight is 344 g/mol. The number of hydrogen-bond acceptors (Lipinski definition) is 1. The lowest BCUT2D eigenvalue weighted by Crippen LogP contribution is -2.05. The number of benzene rings is 2. The summed E-state index contributed by atoms with van der Waals surface area (Å²) in [6.45, 7) is 0. The van der Waals surface area contributed by atoms with Crippen LogP contribution in [0.1, 0.15) is 5.82 Å². The lowest BCUT2D eigenvalue weighted by Gasteiger charge is -2.11. The van der Waals surface area contributed by atoms with E-state index in [0.717, 1.165) is 5.52 Å². The number of rotatable bonds is 3. The Morgan fingerprint density at radius 3 is 2.67 bits per heavy atom. The van der Waals surface area contributed by atoms with Gasteiger partial charge in [0.1, 0.15) is 17.3 Å². The molecule has 0 saturated heterocycles. The van der Waals surface area contributed by atoms with E-state index >= 15 is 0 Å². The summed E-state index contributed by atoms with van der Waals surface area (Å²) in [7, 11) is 0. The zero-order valence-electron chi connectivity index (χ0n) is 10.8. The number of halogens is 4. The van der Waals surface area contributed by atoms with Gasteiger partial charge in [-0.1, -0.05) is 29.3 Å². The maximum Gasteiger partial charge on any atom is 0.148 e. The molecule has 0 amide bonds. The second-order valence-electron chi connectivity index (χ2n) is 4.51. The quantitative estimate of drug-likeness (QED) is 0.594. The van der Waals surface area contributed by atoms with E-state index in [1.165, 1.54) is 6.07 Å². The molecule has 0 unspecified atom stereocenters. The Kier molecular flexibility index (Phi) is 4.07. The topological polar surface area (TPSA) is 17.8 Å². The molecule has 21 heavy (non-hydrogen) atoms. The lowest BCUT2D eigenvalue weighted by atomic mass is 10.2. The van der Waals surface area contributed by atoms with E-state index in [2.05, 4.69) is 4.98 Å². The molecule has 0 aliphatic heterocycles. The van der Waals surface area contributed by atoms with Crippen molar-refractivity contribution in [1.82, 2.24) is 9.55 Å². The fourth-order valence-corrected chi connectivity index (χ4v) is 2.89. The molecule has 0 aliphatic carbocycles. The van der Waals surface area contributed by atoms with Crippen molar-refractivity contribution in [3.05, 3.63) is 58.1 Å². The van der Waals surface area contributed by atoms with Crippen molar-refractivity contribution in [1.29, 1.82) is 0 Å². The van der Waals surface area contributed by atoms with Crippen LogP contribution in [0.15, 0.2) is 36.4 Å². The van der Waals surface area contributed by atoms with Crippen LogP contribution >= 0.6 is 34.8 Å². The second kappa shape index (κ2) is 5.84. The molecule has 0 bridgehead atoms. The van der Waals surface area contributed by atoms with Crippen LogP contribution < -0.4 is 0 Å². The van der Waals surface area contributed by atoms with Crippen molar-refractivity contribution in [3.8, 4) is 5.69 Å². The second-order valence-corrected chi connectivity index (χ2v) is 5.73. The zero-order chi connectivity index (χ0) is 15.0. The summed E-state index contributed by atoms with van der Waals surface area (Å²) in [6.07, 6.45) is 0.499. The van der Waals surface area contributed by atoms with Crippen LogP contribution in [-0.4, -0.2) is 15.4 Å². The molecule has 0 saturated carbocycles. The minimum absolute atomic E-state index is 0.282. The Bertz CT molecular complexity index is 794. The smallest absolute Gasteiger partial charge is 0.148 e. The van der Waals surface area contributed by atoms with Gasteiger partial charge in [-0.15, -0.1) is 11.6 Å². The standard InChI is InChI=1S/C15H10Cl3FN2/c16-7-6-14-20-12-8-9(17)4-5-13(12)21(14)15-10(18)2-1-3-11(15)19/h1-5,8H,6-7H2. The third-order valence-electron chi connectivity index (χ3n) is 3.17. The predicted molar refractivity (Wildman–Crippen MR) is 85.5 cm³/mol. The highest BCUT2D eigenvalue weighted by atomic mass is 35.5. The van der Waals surface area contributed by atoms with Crippen LogP contribution in [-0.2, 0) is 6.42 Å². The fourth-order valence-electron chi connectivity index (χ4n) is 2.31. The van der Waals surface area contributed by atoms with Gasteiger partial charge in [0.15, 0.2) is 0 Å². The van der Waals surface area contributed by atoms with E-state index in [9.17, 15) is 4.39 Å². The first-order valence-corrected chi connectivity index (χ1v) is 7.58. The molecule has 3 aromatic rings. The molecule has 1 aromatic heterocycles. The van der Waals surface area contributed by atoms with Crippen LogP contribution in [0.4, 0.5) is 4.39 Å². The van der Waals surface area contributed by atoms with Crippen molar-refractivity contribution in [2.45, 2.75) is 6.42 Å². The highest BCUT2D eigenvalue weighted by Crippen LogP contribution is 2.30. The molecule has 0 aliphatic rings. The summed E-state index contributed by atoms with van der Waals surface area (Å²) in [6, 6.07) is 9.85. The molecule has 0 spiro atoms. The number of alkyl halides is 1. The number of hydrogen-bond donors (Lipinski definition) is 0. The van der Waals surface area contributed by atoms with Gasteiger partial charge in [0.2, 0.25) is 0 Å². The summed E-state index contributed by atoms with van der Waals surface area (Å²) in [5.41, 5.74) is 1.71. The summed E-state index contributed by atoms with van der Waals surface area (Å²) < 4.78 is 15.9. The summed E-state index contributed by atoms with van der Waals surface area (Å²) >= 11 is 18.0. The van der Waals surface area contributed by atoms with Gasteiger partial charge in [0, 0.05) is 17.3 Å². The maximum absolute atomic E-state index is 14.2. The molecule has 3 rings (SSSR count). The van der Waals surface area contributed by atoms with Gasteiger partial charge in [0.05, 0.1) is 16.1 Å². The van der Waals surface area contributed by atoms with Crippen molar-refractivity contribution >= 4 is 45.8 Å². The highest BCUT2D eigenvalue weighted by Gasteiger charge is 2.17. The molecule has 2 aromatic carbocycles. The molecule has 0 radical (unpaired) electrons. The van der Waals surface area contributed by atoms with Gasteiger partial charge in [-0.2, -0.15) is 0 Å². The van der Waals surface area contributed by atoms with Gasteiger partial charge < -0.3 is 0 Å². The number of aromatic nitrogens is 2. The van der Waals surface area contributed by atoms with Gasteiger partial charge in [-0.05, 0) is 30.3 Å². The Hall–Kier alpha value is -1.29. The van der Waals surface area contributed by atoms with E-state index in [1.807, 2.05) is 0 Å². The van der Waals surface area contributed by atoms with Crippen LogP contribution in [0.5, 0.6) is 0 Å². The molecule has 108 valence electrons. The van der Waals surface area contributed by atoms with E-state index in [-0.39, 0.29) is 5.69 Å². The molecule has 2 nitrogen and oxygen atoms in total. The van der Waals surface area contributed by atoms with Crippen LogP contribution in [0.25, 0.3) is 16.7 Å². The molecular formula is C15H10Cl3FN2. The third kappa shape index (κ3) is 2.61. The van der Waals surface area contributed by atoms with E-state index in [1.54, 1.807) is 34.9 Å². The minimum Gasteiger partial charge on any atom is -0.292 e. The molecule has 0 atom stereocenters. The SMILES string of the molecule is Fc1cccc(Cl)c1-n1c(CCCl)nc2cc(Cl)ccc21. The first-order valence-electron chi connectivity index (χ1n) is 6.29. The van der Waals surface area contributed by atoms with E-state index < -0.39 is 5.82 Å². The first-order chi connectivity index (χ1) is 10.1. The van der Waals surface area contributed by atoms with Crippen LogP contribution in [0.2, 0.25) is 10.0 Å². The third-order valence-corrected chi connectivity index (χ3v) is 3.89. The number of aryl methyl sites for hydroxylation is 1. The molecule has 1 heterocycles. The summed E-state index contributed by atoms with van der Waals surface area (Å²) in [5, 5.41) is 0.893. The van der Waals surface area contributed by atoms with Gasteiger partial charge in [-0.25, -0.2) is 9.37 Å². The number of imidazole rings is 1. The van der Waals surface area contributed by atoms with Crippen molar-refractivity contribution in [2.75, 3.05) is 5.88 Å². The van der Waals surface area contributed by atoms with Gasteiger partial charge in [-0.3, -0.25) is 4.57 Å². The number of para-hydroxylation sites is 1. The van der Waals surface area contributed by atoms with E-state index in [0.29, 0.717) is 33.7 Å². The normalized spacial score (nSPS) is 11.2. The Labute approximate surface area is 136 Å². The first kappa shape index (κ1) is 14.6. The monoisotopic (exact) mass is 342 g/mol. The van der Waals surface area contributed by atoms with Crippen LogP contribution in [0, 0.1) is 5.82 Å². The average Bonchev–Trinajstić information content (AvgIpc) is 2.77. The number of fused-ring (bicyclic) bond motifs is 1. The minimum atomic E-state index is -0.410. The summed E-state index contributed by atoms with van der Waals surface area (Å²) in [4.78, 5) is 4.49. The van der Waals surface area contributed by atoms with Gasteiger partial charge >= 0.3 is 0 Å². The Morgan fingerprint density at radius 2 is 1.95 bits per heavy atom. The summed E-state index contributed by atoms with van der Waals surface area (Å²) in [5.74, 6) is 0.616. The highest BCUT2D eigenvalue weighted by molar-refractivity contribution is 6.32. The lowest BCUT2D eigenvalue weighted by molar-refractivity contribution is 0.617. The molecule has 0 fully saturated rings. The Balaban J connectivity index is 2.36. The fraction of sp³-hybridized carbons (Fsp3) is 0.133. The maximum atomic E-state index is 14.2. The van der Waals surface area contributed by atoms with E-state index in [4.69, 9.17) is 34.8 Å². The largest absolute Gasteiger partial charge is 0.292 e. The molecular weight excluding hydrogens is 334 g/mol. The molecule has 0 N–H and O–H groups in total. The van der Waals surface area contributed by atoms with Crippen molar-refractivity contribution in [2.24, 2.45) is 0 Å². The van der Waals surface area contributed by atoms with Gasteiger partial charge in [0.25, 0.3) is 0 Å². The zero-order valence-corrected chi connectivity index (χ0v) is 13.1. The van der Waals surface area contributed by atoms with Crippen molar-refractivity contribution in [3.63, 3.8) is 0 Å². The predicted octanol–water partition coefficient (Wildman–Crippen LogP) is 5.25. The van der Waals surface area contributed by atoms with Crippen LogP contribution in [0.3, 0.4) is 0 Å². The van der Waals surface area contributed by atoms with Crippen molar-refractivity contribution < 1.29 is 4.39 Å². The number of nitrogens with zero attached hydrogens (tertiary/aromatic N) is 2. The Morgan fingerprint density at radius 1 is 1.14 bits per heavy atom.